The Hall–Kier alpha value is -0.650. The van der Waals surface area contributed by atoms with E-state index in [1.165, 1.54) is 6.92 Å². The van der Waals surface area contributed by atoms with E-state index in [2.05, 4.69) is 0 Å². The van der Waals surface area contributed by atoms with E-state index < -0.39 is 5.79 Å². The molecular formula is C9H14O5. The Morgan fingerprint density at radius 1 is 1.57 bits per heavy atom. The molecule has 2 heterocycles. The van der Waals surface area contributed by atoms with Crippen molar-refractivity contribution in [3.8, 4) is 0 Å². The molecule has 14 heavy (non-hydrogen) atoms. The van der Waals surface area contributed by atoms with Gasteiger partial charge < -0.3 is 18.9 Å². The molecule has 0 aromatic rings. The average molecular weight is 202 g/mol. The Labute approximate surface area is 82.3 Å². The molecule has 0 aromatic heterocycles. The molecule has 5 heteroatoms. The van der Waals surface area contributed by atoms with Crippen molar-refractivity contribution < 1.29 is 23.7 Å². The third-order valence-corrected chi connectivity index (χ3v) is 2.53. The van der Waals surface area contributed by atoms with Gasteiger partial charge in [0, 0.05) is 26.9 Å². The highest BCUT2D eigenvalue weighted by Crippen LogP contribution is 2.37. The molecule has 0 aliphatic carbocycles. The molecule has 5 nitrogen and oxygen atoms in total. The maximum absolute atomic E-state index is 10.8. The molecule has 0 spiro atoms. The molecule has 2 aliphatic rings. The maximum atomic E-state index is 10.8. The van der Waals surface area contributed by atoms with E-state index in [1.54, 1.807) is 7.11 Å². The van der Waals surface area contributed by atoms with E-state index in [4.69, 9.17) is 18.9 Å². The fraction of sp³-hybridized carbons (Fsp3) is 0.889. The molecule has 0 N–H and O–H groups in total. The van der Waals surface area contributed by atoms with E-state index in [0.29, 0.717) is 19.4 Å². The second-order valence-electron chi connectivity index (χ2n) is 3.64. The number of carbonyl (C=O) groups excluding carboxylic acids is 1. The molecular weight excluding hydrogens is 188 g/mol. The van der Waals surface area contributed by atoms with Crippen LogP contribution in [0.25, 0.3) is 0 Å². The van der Waals surface area contributed by atoms with E-state index in [1.807, 2.05) is 0 Å². The van der Waals surface area contributed by atoms with Crippen LogP contribution in [0, 0.1) is 0 Å². The number of hydrogen-bond acceptors (Lipinski definition) is 5. The molecule has 0 amide bonds. The molecule has 2 bridgehead atoms. The van der Waals surface area contributed by atoms with Crippen molar-refractivity contribution in [2.75, 3.05) is 13.7 Å². The first kappa shape index (κ1) is 9.89. The molecule has 0 saturated carbocycles. The molecule has 2 fully saturated rings. The van der Waals surface area contributed by atoms with E-state index in [-0.39, 0.29) is 18.4 Å². The highest BCUT2D eigenvalue weighted by molar-refractivity contribution is 5.66. The molecule has 2 saturated heterocycles. The summed E-state index contributed by atoms with van der Waals surface area (Å²) in [4.78, 5) is 10.8. The van der Waals surface area contributed by atoms with E-state index in [0.717, 1.165) is 0 Å². The van der Waals surface area contributed by atoms with Crippen LogP contribution in [0.4, 0.5) is 0 Å². The fourth-order valence-electron chi connectivity index (χ4n) is 1.91. The maximum Gasteiger partial charge on any atom is 0.302 e. The highest BCUT2D eigenvalue weighted by Gasteiger charge is 2.49. The minimum Gasteiger partial charge on any atom is -0.462 e. The number of ether oxygens (including phenoxy) is 4. The summed E-state index contributed by atoms with van der Waals surface area (Å²) in [6.07, 6.45) is 0.673. The van der Waals surface area contributed by atoms with Crippen molar-refractivity contribution >= 4 is 5.97 Å². The molecule has 3 atom stereocenters. The van der Waals surface area contributed by atoms with Crippen molar-refractivity contribution in [3.05, 3.63) is 0 Å². The summed E-state index contributed by atoms with van der Waals surface area (Å²) in [7, 11) is 1.57. The van der Waals surface area contributed by atoms with Crippen LogP contribution >= 0.6 is 0 Å². The van der Waals surface area contributed by atoms with Crippen LogP contribution in [0.3, 0.4) is 0 Å². The number of esters is 1. The third-order valence-electron chi connectivity index (χ3n) is 2.53. The lowest BCUT2D eigenvalue weighted by Gasteiger charge is -2.33. The van der Waals surface area contributed by atoms with Crippen molar-refractivity contribution in [2.45, 2.75) is 37.9 Å². The molecule has 3 unspecified atom stereocenters. The number of rotatable bonds is 2. The van der Waals surface area contributed by atoms with Gasteiger partial charge in [-0.05, 0) is 0 Å². The molecule has 2 aliphatic heterocycles. The van der Waals surface area contributed by atoms with Crippen molar-refractivity contribution in [3.63, 3.8) is 0 Å². The van der Waals surface area contributed by atoms with Gasteiger partial charge in [-0.2, -0.15) is 0 Å². The van der Waals surface area contributed by atoms with Crippen LogP contribution < -0.4 is 0 Å². The summed E-state index contributed by atoms with van der Waals surface area (Å²) >= 11 is 0. The second kappa shape index (κ2) is 3.49. The third kappa shape index (κ3) is 1.75. The van der Waals surface area contributed by atoms with Gasteiger partial charge in [-0.25, -0.2) is 0 Å². The summed E-state index contributed by atoms with van der Waals surface area (Å²) in [5.74, 6) is -0.981. The number of carbonyl (C=O) groups is 1. The van der Waals surface area contributed by atoms with Gasteiger partial charge in [-0.1, -0.05) is 0 Å². The number of fused-ring (bicyclic) bond motifs is 2. The lowest BCUT2D eigenvalue weighted by molar-refractivity contribution is -0.255. The van der Waals surface area contributed by atoms with Crippen LogP contribution in [0.5, 0.6) is 0 Å². The Bertz CT molecular complexity index is 241. The predicted octanol–water partition coefficient (Wildman–Crippen LogP) is 0.427. The smallest absolute Gasteiger partial charge is 0.302 e. The van der Waals surface area contributed by atoms with Gasteiger partial charge >= 0.3 is 5.97 Å². The van der Waals surface area contributed by atoms with Crippen molar-refractivity contribution in [1.82, 2.24) is 0 Å². The largest absolute Gasteiger partial charge is 0.462 e. The summed E-state index contributed by atoms with van der Waals surface area (Å²) in [6.45, 7) is 1.81. The number of hydrogen-bond donors (Lipinski definition) is 0. The van der Waals surface area contributed by atoms with Crippen LogP contribution in [-0.4, -0.2) is 37.9 Å². The lowest BCUT2D eigenvalue weighted by Crippen LogP contribution is -2.44. The Morgan fingerprint density at radius 2 is 2.36 bits per heavy atom. The van der Waals surface area contributed by atoms with Crippen LogP contribution in [-0.2, 0) is 23.7 Å². The fourth-order valence-corrected chi connectivity index (χ4v) is 1.91. The van der Waals surface area contributed by atoms with Gasteiger partial charge in [0.05, 0.1) is 0 Å². The van der Waals surface area contributed by atoms with E-state index >= 15 is 0 Å². The zero-order valence-corrected chi connectivity index (χ0v) is 8.32. The summed E-state index contributed by atoms with van der Waals surface area (Å²) in [5, 5.41) is 0. The topological polar surface area (TPSA) is 54.0 Å². The second-order valence-corrected chi connectivity index (χ2v) is 3.64. The lowest BCUT2D eigenvalue weighted by atomic mass is 10.0. The van der Waals surface area contributed by atoms with Crippen LogP contribution in [0.15, 0.2) is 0 Å². The SMILES string of the molecule is COC12COC(CC(OC(C)=O)C1)O2. The van der Waals surface area contributed by atoms with Crippen LogP contribution in [0.2, 0.25) is 0 Å². The molecule has 2 rings (SSSR count). The van der Waals surface area contributed by atoms with Crippen molar-refractivity contribution in [2.24, 2.45) is 0 Å². The zero-order chi connectivity index (χ0) is 10.2. The summed E-state index contributed by atoms with van der Waals surface area (Å²) in [6, 6.07) is 0. The minimum atomic E-state index is -0.705. The van der Waals surface area contributed by atoms with Crippen LogP contribution in [0.1, 0.15) is 19.8 Å². The zero-order valence-electron chi connectivity index (χ0n) is 8.32. The summed E-state index contributed by atoms with van der Waals surface area (Å²) < 4.78 is 21.2. The van der Waals surface area contributed by atoms with Gasteiger partial charge in [-0.3, -0.25) is 4.79 Å². The van der Waals surface area contributed by atoms with Gasteiger partial charge in [0.2, 0.25) is 0 Å². The average Bonchev–Trinajstić information content (AvgIpc) is 2.42. The van der Waals surface area contributed by atoms with Gasteiger partial charge in [0.1, 0.15) is 12.7 Å². The quantitative estimate of drug-likeness (QED) is 0.608. The minimum absolute atomic E-state index is 0.159. The van der Waals surface area contributed by atoms with E-state index in [9.17, 15) is 4.79 Å². The predicted molar refractivity (Wildman–Crippen MR) is 45.4 cm³/mol. The first-order chi connectivity index (χ1) is 6.63. The normalized spacial score (nSPS) is 41.0. The highest BCUT2D eigenvalue weighted by atomic mass is 16.8. The molecule has 0 aromatic carbocycles. The standard InChI is InChI=1S/C9H14O5/c1-6(10)13-7-3-8-12-5-9(4-7,11-2)14-8/h7-8H,3-5H2,1-2H3. The van der Waals surface area contributed by atoms with Crippen molar-refractivity contribution in [1.29, 1.82) is 0 Å². The Morgan fingerprint density at radius 3 is 3.00 bits per heavy atom. The molecule has 0 radical (unpaired) electrons. The van der Waals surface area contributed by atoms with Gasteiger partial charge in [0.15, 0.2) is 12.1 Å². The monoisotopic (exact) mass is 202 g/mol. The summed E-state index contributed by atoms with van der Waals surface area (Å²) in [5.41, 5.74) is 0. The number of methoxy groups -OCH3 is 1. The van der Waals surface area contributed by atoms with Gasteiger partial charge in [0.25, 0.3) is 0 Å². The Kier molecular flexibility index (Phi) is 2.47. The Balaban J connectivity index is 2.01. The first-order valence-electron chi connectivity index (χ1n) is 4.65. The molecule has 80 valence electrons. The first-order valence-corrected chi connectivity index (χ1v) is 4.65. The van der Waals surface area contributed by atoms with Gasteiger partial charge in [-0.15, -0.1) is 0 Å².